The molecule has 4 rings (SSSR count). The maximum absolute atomic E-state index is 5.92. The van der Waals surface area contributed by atoms with E-state index in [1.165, 1.54) is 10.8 Å². The van der Waals surface area contributed by atoms with Crippen molar-refractivity contribution in [2.24, 2.45) is 5.10 Å². The van der Waals surface area contributed by atoms with Crippen molar-refractivity contribution in [3.63, 3.8) is 0 Å². The highest BCUT2D eigenvalue weighted by Gasteiger charge is 2.09. The molecule has 5 nitrogen and oxygen atoms in total. The highest BCUT2D eigenvalue weighted by molar-refractivity contribution is 6.08. The zero-order chi connectivity index (χ0) is 20.2. The summed E-state index contributed by atoms with van der Waals surface area (Å²) in [6.07, 6.45) is 1.86. The predicted octanol–water partition coefficient (Wildman–Crippen LogP) is 4.63. The van der Waals surface area contributed by atoms with Crippen LogP contribution in [0.4, 0.5) is 0 Å². The van der Waals surface area contributed by atoms with Crippen LogP contribution in [0.2, 0.25) is 0 Å². The van der Waals surface area contributed by atoms with Crippen molar-refractivity contribution in [2.75, 3.05) is 34.4 Å². The zero-order valence-corrected chi connectivity index (χ0v) is 17.0. The summed E-state index contributed by atoms with van der Waals surface area (Å²) >= 11 is 0. The van der Waals surface area contributed by atoms with Gasteiger partial charge >= 0.3 is 0 Å². The van der Waals surface area contributed by atoms with Crippen molar-refractivity contribution < 1.29 is 9.47 Å². The number of nitrogens with zero attached hydrogens (tertiary/aromatic N) is 3. The molecule has 0 aliphatic rings. The van der Waals surface area contributed by atoms with Crippen molar-refractivity contribution in [1.29, 1.82) is 0 Å². The largest absolute Gasteiger partial charge is 0.493 e. The molecular formula is C24H25N3O2. The Kier molecular flexibility index (Phi) is 5.49. The van der Waals surface area contributed by atoms with Crippen LogP contribution in [0.25, 0.3) is 21.8 Å². The van der Waals surface area contributed by atoms with Gasteiger partial charge in [-0.05, 0) is 50.0 Å². The lowest BCUT2D eigenvalue weighted by Gasteiger charge is -2.13. The molecule has 4 aromatic rings. The van der Waals surface area contributed by atoms with Crippen LogP contribution in [0.1, 0.15) is 5.56 Å². The third-order valence-electron chi connectivity index (χ3n) is 4.86. The van der Waals surface area contributed by atoms with Gasteiger partial charge in [-0.15, -0.1) is 0 Å². The fraction of sp³-hybridized carbons (Fsp3) is 0.208. The normalized spacial score (nSPS) is 11.7. The first-order valence-electron chi connectivity index (χ1n) is 9.65. The van der Waals surface area contributed by atoms with E-state index in [-0.39, 0.29) is 0 Å². The number of para-hydroxylation sites is 2. The van der Waals surface area contributed by atoms with Crippen LogP contribution in [-0.2, 0) is 0 Å². The zero-order valence-electron chi connectivity index (χ0n) is 17.0. The van der Waals surface area contributed by atoms with Crippen molar-refractivity contribution in [3.8, 4) is 11.5 Å². The number of fused-ring (bicyclic) bond motifs is 3. The molecule has 0 aliphatic heterocycles. The van der Waals surface area contributed by atoms with Gasteiger partial charge in [0.2, 0.25) is 0 Å². The van der Waals surface area contributed by atoms with Gasteiger partial charge in [-0.3, -0.25) is 0 Å². The van der Waals surface area contributed by atoms with E-state index in [9.17, 15) is 0 Å². The second-order valence-electron chi connectivity index (χ2n) is 7.15. The standard InChI is InChI=1S/C24H25N3O2/c1-26(2)14-15-29-24-16-18(12-13-23(24)28-3)17-25-27-21-10-6-4-8-19(21)20-9-5-7-11-22(20)27/h4-13,16-17H,14-15H2,1-3H3/b25-17-. The summed E-state index contributed by atoms with van der Waals surface area (Å²) in [4.78, 5) is 2.08. The minimum Gasteiger partial charge on any atom is -0.493 e. The number of rotatable bonds is 7. The average Bonchev–Trinajstić information content (AvgIpc) is 3.06. The molecule has 0 aliphatic carbocycles. The second kappa shape index (κ2) is 8.37. The summed E-state index contributed by atoms with van der Waals surface area (Å²) in [5.74, 6) is 1.44. The lowest BCUT2D eigenvalue weighted by molar-refractivity contribution is 0.250. The summed E-state index contributed by atoms with van der Waals surface area (Å²) in [5.41, 5.74) is 3.12. The minimum absolute atomic E-state index is 0.594. The first-order valence-corrected chi connectivity index (χ1v) is 9.65. The van der Waals surface area contributed by atoms with Crippen LogP contribution in [-0.4, -0.2) is 50.1 Å². The molecule has 0 amide bonds. The Morgan fingerprint density at radius 1 is 0.897 bits per heavy atom. The molecular weight excluding hydrogens is 362 g/mol. The van der Waals surface area contributed by atoms with Gasteiger partial charge in [0.05, 0.1) is 24.4 Å². The minimum atomic E-state index is 0.594. The molecule has 0 saturated heterocycles. The second-order valence-corrected chi connectivity index (χ2v) is 7.15. The fourth-order valence-electron chi connectivity index (χ4n) is 3.38. The summed E-state index contributed by atoms with van der Waals surface area (Å²) in [5, 5.41) is 7.18. The van der Waals surface area contributed by atoms with Gasteiger partial charge < -0.3 is 14.4 Å². The van der Waals surface area contributed by atoms with E-state index in [4.69, 9.17) is 14.6 Å². The molecule has 5 heteroatoms. The topological polar surface area (TPSA) is 39.0 Å². The van der Waals surface area contributed by atoms with Crippen molar-refractivity contribution in [1.82, 2.24) is 9.58 Å². The van der Waals surface area contributed by atoms with E-state index < -0.39 is 0 Å². The lowest BCUT2D eigenvalue weighted by atomic mass is 10.2. The maximum atomic E-state index is 5.92. The first kappa shape index (κ1) is 19.0. The maximum Gasteiger partial charge on any atom is 0.161 e. The third kappa shape index (κ3) is 3.96. The summed E-state index contributed by atoms with van der Waals surface area (Å²) in [6, 6.07) is 22.5. The summed E-state index contributed by atoms with van der Waals surface area (Å²) in [7, 11) is 5.70. The van der Waals surface area contributed by atoms with Crippen LogP contribution in [0.5, 0.6) is 11.5 Å². The van der Waals surface area contributed by atoms with E-state index in [2.05, 4.69) is 41.3 Å². The van der Waals surface area contributed by atoms with Crippen LogP contribution in [0.3, 0.4) is 0 Å². The molecule has 29 heavy (non-hydrogen) atoms. The number of ether oxygens (including phenoxy) is 2. The van der Waals surface area contributed by atoms with E-state index >= 15 is 0 Å². The molecule has 148 valence electrons. The molecule has 0 fully saturated rings. The average molecular weight is 387 g/mol. The van der Waals surface area contributed by atoms with Gasteiger partial charge in [0, 0.05) is 17.3 Å². The molecule has 1 aromatic heterocycles. The van der Waals surface area contributed by atoms with Gasteiger partial charge in [-0.1, -0.05) is 36.4 Å². The molecule has 0 N–H and O–H groups in total. The Bertz CT molecular complexity index is 1110. The van der Waals surface area contributed by atoms with Crippen LogP contribution >= 0.6 is 0 Å². The lowest BCUT2D eigenvalue weighted by Crippen LogP contribution is -2.19. The van der Waals surface area contributed by atoms with Gasteiger partial charge in [0.15, 0.2) is 11.5 Å². The van der Waals surface area contributed by atoms with E-state index in [1.54, 1.807) is 7.11 Å². The van der Waals surface area contributed by atoms with Crippen molar-refractivity contribution in [2.45, 2.75) is 0 Å². The number of hydrogen-bond acceptors (Lipinski definition) is 4. The van der Waals surface area contributed by atoms with E-state index in [1.807, 2.05) is 55.3 Å². The number of aromatic nitrogens is 1. The van der Waals surface area contributed by atoms with Crippen molar-refractivity contribution in [3.05, 3.63) is 72.3 Å². The van der Waals surface area contributed by atoms with Gasteiger partial charge in [0.1, 0.15) is 6.61 Å². The predicted molar refractivity (Wildman–Crippen MR) is 119 cm³/mol. The van der Waals surface area contributed by atoms with Crippen LogP contribution in [0.15, 0.2) is 71.8 Å². The Morgan fingerprint density at radius 2 is 1.55 bits per heavy atom. The summed E-state index contributed by atoms with van der Waals surface area (Å²) in [6.45, 7) is 1.43. The number of methoxy groups -OCH3 is 1. The smallest absolute Gasteiger partial charge is 0.161 e. The van der Waals surface area contributed by atoms with Crippen LogP contribution < -0.4 is 9.47 Å². The molecule has 0 unspecified atom stereocenters. The molecule has 0 spiro atoms. The monoisotopic (exact) mass is 387 g/mol. The molecule has 0 bridgehead atoms. The van der Waals surface area contributed by atoms with Crippen molar-refractivity contribution >= 4 is 28.0 Å². The summed E-state index contributed by atoms with van der Waals surface area (Å²) < 4.78 is 13.3. The third-order valence-corrected chi connectivity index (χ3v) is 4.86. The quantitative estimate of drug-likeness (QED) is 0.434. The molecule has 3 aromatic carbocycles. The Balaban J connectivity index is 1.68. The SMILES string of the molecule is COc1ccc(/C=N\n2c3ccccc3c3ccccc32)cc1OCCN(C)C. The fourth-order valence-corrected chi connectivity index (χ4v) is 3.38. The molecule has 1 heterocycles. The Morgan fingerprint density at radius 3 is 2.17 bits per heavy atom. The van der Waals surface area contributed by atoms with Crippen LogP contribution in [0, 0.1) is 0 Å². The molecule has 0 saturated carbocycles. The number of likely N-dealkylation sites (N-methyl/N-ethyl adjacent to an activating group) is 1. The molecule has 0 atom stereocenters. The van der Waals surface area contributed by atoms with Gasteiger partial charge in [-0.25, -0.2) is 4.68 Å². The Hall–Kier alpha value is -3.31. The highest BCUT2D eigenvalue weighted by atomic mass is 16.5. The molecule has 0 radical (unpaired) electrons. The Labute approximate surface area is 170 Å². The first-order chi connectivity index (χ1) is 14.2. The van der Waals surface area contributed by atoms with E-state index in [0.717, 1.165) is 34.6 Å². The number of benzene rings is 3. The van der Waals surface area contributed by atoms with Gasteiger partial charge in [0.25, 0.3) is 0 Å². The van der Waals surface area contributed by atoms with Gasteiger partial charge in [-0.2, -0.15) is 5.10 Å². The van der Waals surface area contributed by atoms with E-state index in [0.29, 0.717) is 6.61 Å². The number of hydrogen-bond donors (Lipinski definition) is 0. The highest BCUT2D eigenvalue weighted by Crippen LogP contribution is 2.29.